The average molecular weight is 168 g/mol. The van der Waals surface area contributed by atoms with Gasteiger partial charge >= 0.3 is 0 Å². The topological polar surface area (TPSA) is 26.3 Å². The fraction of sp³-hybridized carbons (Fsp3) is 0.222. The van der Waals surface area contributed by atoms with E-state index in [9.17, 15) is 9.18 Å². The zero-order valence-electron chi connectivity index (χ0n) is 6.93. The van der Waals surface area contributed by atoms with Crippen molar-refractivity contribution in [2.75, 3.05) is 7.11 Å². The Bertz CT molecular complexity index is 308. The molecule has 0 aliphatic carbocycles. The molecule has 0 saturated carbocycles. The van der Waals surface area contributed by atoms with Crippen molar-refractivity contribution in [2.45, 2.75) is 6.92 Å². The lowest BCUT2D eigenvalue weighted by Crippen LogP contribution is -1.95. The minimum absolute atomic E-state index is 0.0249. The first-order valence-electron chi connectivity index (χ1n) is 3.48. The van der Waals surface area contributed by atoms with Crippen LogP contribution in [0.1, 0.15) is 15.9 Å². The second-order valence-electron chi connectivity index (χ2n) is 2.48. The summed E-state index contributed by atoms with van der Waals surface area (Å²) >= 11 is 0. The lowest BCUT2D eigenvalue weighted by atomic mass is 10.1. The minimum Gasteiger partial charge on any atom is -0.496 e. The van der Waals surface area contributed by atoms with E-state index in [1.165, 1.54) is 13.2 Å². The highest BCUT2D eigenvalue weighted by molar-refractivity contribution is 5.79. The van der Waals surface area contributed by atoms with Gasteiger partial charge in [0.05, 0.1) is 12.7 Å². The van der Waals surface area contributed by atoms with Crippen LogP contribution >= 0.6 is 0 Å². The van der Waals surface area contributed by atoms with E-state index in [1.54, 1.807) is 13.0 Å². The van der Waals surface area contributed by atoms with Gasteiger partial charge in [0, 0.05) is 0 Å². The summed E-state index contributed by atoms with van der Waals surface area (Å²) in [4.78, 5) is 10.4. The number of rotatable bonds is 2. The van der Waals surface area contributed by atoms with E-state index in [1.807, 2.05) is 0 Å². The van der Waals surface area contributed by atoms with Crippen LogP contribution in [-0.2, 0) is 0 Å². The van der Waals surface area contributed by atoms with Crippen molar-refractivity contribution in [3.63, 3.8) is 0 Å². The smallest absolute Gasteiger partial charge is 0.156 e. The Morgan fingerprint density at radius 1 is 1.50 bits per heavy atom. The molecule has 0 spiro atoms. The van der Waals surface area contributed by atoms with Crippen LogP contribution in [0.15, 0.2) is 12.1 Å². The summed E-state index contributed by atoms with van der Waals surface area (Å²) in [6.45, 7) is 1.74. The molecule has 0 aliphatic rings. The van der Waals surface area contributed by atoms with Crippen LogP contribution in [0.4, 0.5) is 4.39 Å². The summed E-state index contributed by atoms with van der Waals surface area (Å²) in [7, 11) is 1.40. The number of carbonyl (C=O) groups is 1. The van der Waals surface area contributed by atoms with Crippen molar-refractivity contribution < 1.29 is 13.9 Å². The fourth-order valence-electron chi connectivity index (χ4n) is 1.00. The number of carbonyl (C=O) groups excluding carboxylic acids is 1. The Kier molecular flexibility index (Phi) is 2.43. The molecule has 1 aromatic carbocycles. The second-order valence-corrected chi connectivity index (χ2v) is 2.48. The molecule has 0 N–H and O–H groups in total. The zero-order chi connectivity index (χ0) is 9.14. The predicted octanol–water partition coefficient (Wildman–Crippen LogP) is 1.96. The molecule has 1 rings (SSSR count). The number of aldehydes is 1. The van der Waals surface area contributed by atoms with Crippen molar-refractivity contribution in [3.05, 3.63) is 29.1 Å². The highest BCUT2D eigenvalue weighted by atomic mass is 19.1. The second kappa shape index (κ2) is 3.34. The summed E-state index contributed by atoms with van der Waals surface area (Å²) < 4.78 is 17.8. The van der Waals surface area contributed by atoms with Gasteiger partial charge in [-0.05, 0) is 24.6 Å². The summed E-state index contributed by atoms with van der Waals surface area (Å²) in [5.41, 5.74) is 0.707. The highest BCUT2D eigenvalue weighted by Gasteiger charge is 2.08. The van der Waals surface area contributed by atoms with Crippen LogP contribution in [0.5, 0.6) is 5.75 Å². The Labute approximate surface area is 70.0 Å². The molecule has 0 aromatic heterocycles. The molecule has 2 nitrogen and oxygen atoms in total. The summed E-state index contributed by atoms with van der Waals surface area (Å²) in [6.07, 6.45) is 0.452. The van der Waals surface area contributed by atoms with Gasteiger partial charge in [-0.15, -0.1) is 0 Å². The summed E-state index contributed by atoms with van der Waals surface area (Å²) in [5, 5.41) is 0. The first-order chi connectivity index (χ1) is 5.69. The van der Waals surface area contributed by atoms with E-state index in [0.717, 1.165) is 5.56 Å². The average Bonchev–Trinajstić information content (AvgIpc) is 2.03. The SMILES string of the molecule is COc1cc(C)cc(F)c1C=O. The van der Waals surface area contributed by atoms with Crippen LogP contribution in [0.25, 0.3) is 0 Å². The standard InChI is InChI=1S/C9H9FO2/c1-6-3-8(10)7(5-11)9(4-6)12-2/h3-5H,1-2H3. The van der Waals surface area contributed by atoms with Crippen LogP contribution in [0, 0.1) is 12.7 Å². The molecule has 0 atom stereocenters. The number of halogens is 1. The van der Waals surface area contributed by atoms with Gasteiger partial charge in [0.1, 0.15) is 11.6 Å². The Hall–Kier alpha value is -1.38. The Morgan fingerprint density at radius 3 is 2.67 bits per heavy atom. The Balaban J connectivity index is 3.33. The van der Waals surface area contributed by atoms with Crippen LogP contribution < -0.4 is 4.74 Å². The van der Waals surface area contributed by atoms with Crippen molar-refractivity contribution in [1.82, 2.24) is 0 Å². The molecule has 0 heterocycles. The number of benzene rings is 1. The lowest BCUT2D eigenvalue weighted by molar-refractivity contribution is 0.111. The van der Waals surface area contributed by atoms with Crippen molar-refractivity contribution in [1.29, 1.82) is 0 Å². The van der Waals surface area contributed by atoms with Gasteiger partial charge in [-0.2, -0.15) is 0 Å². The molecular weight excluding hydrogens is 159 g/mol. The number of aryl methyl sites for hydroxylation is 1. The van der Waals surface area contributed by atoms with E-state index in [0.29, 0.717) is 6.29 Å². The first kappa shape index (κ1) is 8.71. The molecule has 0 unspecified atom stereocenters. The highest BCUT2D eigenvalue weighted by Crippen LogP contribution is 2.21. The van der Waals surface area contributed by atoms with Crippen molar-refractivity contribution >= 4 is 6.29 Å². The number of hydrogen-bond donors (Lipinski definition) is 0. The minimum atomic E-state index is -0.540. The van der Waals surface area contributed by atoms with Gasteiger partial charge < -0.3 is 4.74 Å². The molecule has 0 fully saturated rings. The normalized spacial score (nSPS) is 9.58. The maximum absolute atomic E-state index is 13.0. The molecule has 0 radical (unpaired) electrons. The quantitative estimate of drug-likeness (QED) is 0.631. The summed E-state index contributed by atoms with van der Waals surface area (Å²) in [6, 6.07) is 2.92. The summed E-state index contributed by atoms with van der Waals surface area (Å²) in [5.74, 6) is -0.260. The van der Waals surface area contributed by atoms with Crippen LogP contribution in [0.2, 0.25) is 0 Å². The number of methoxy groups -OCH3 is 1. The molecule has 1 aromatic rings. The van der Waals surface area contributed by atoms with E-state index < -0.39 is 5.82 Å². The van der Waals surface area contributed by atoms with Gasteiger partial charge in [-0.3, -0.25) is 4.79 Å². The van der Waals surface area contributed by atoms with Gasteiger partial charge in [0.25, 0.3) is 0 Å². The molecule has 0 saturated heterocycles. The van der Waals surface area contributed by atoms with E-state index in [2.05, 4.69) is 0 Å². The van der Waals surface area contributed by atoms with Crippen LogP contribution in [-0.4, -0.2) is 13.4 Å². The fourth-order valence-corrected chi connectivity index (χ4v) is 1.00. The molecule has 0 amide bonds. The molecule has 3 heteroatoms. The monoisotopic (exact) mass is 168 g/mol. The third-order valence-electron chi connectivity index (χ3n) is 1.57. The molecular formula is C9H9FO2. The zero-order valence-corrected chi connectivity index (χ0v) is 6.93. The van der Waals surface area contributed by atoms with Gasteiger partial charge in [0.15, 0.2) is 6.29 Å². The van der Waals surface area contributed by atoms with Crippen LogP contribution in [0.3, 0.4) is 0 Å². The molecule has 12 heavy (non-hydrogen) atoms. The predicted molar refractivity (Wildman–Crippen MR) is 43.1 cm³/mol. The van der Waals surface area contributed by atoms with Crippen molar-refractivity contribution in [3.8, 4) is 5.75 Å². The molecule has 64 valence electrons. The molecule has 0 bridgehead atoms. The third kappa shape index (κ3) is 1.44. The van der Waals surface area contributed by atoms with Crippen molar-refractivity contribution in [2.24, 2.45) is 0 Å². The third-order valence-corrected chi connectivity index (χ3v) is 1.57. The lowest BCUT2D eigenvalue weighted by Gasteiger charge is -2.04. The van der Waals surface area contributed by atoms with E-state index in [-0.39, 0.29) is 11.3 Å². The number of hydrogen-bond acceptors (Lipinski definition) is 2. The Morgan fingerprint density at radius 2 is 2.17 bits per heavy atom. The number of ether oxygens (including phenoxy) is 1. The van der Waals surface area contributed by atoms with E-state index in [4.69, 9.17) is 4.74 Å². The molecule has 0 aliphatic heterocycles. The van der Waals surface area contributed by atoms with E-state index >= 15 is 0 Å². The first-order valence-corrected chi connectivity index (χ1v) is 3.48. The van der Waals surface area contributed by atoms with Gasteiger partial charge in [-0.25, -0.2) is 4.39 Å². The maximum atomic E-state index is 13.0. The maximum Gasteiger partial charge on any atom is 0.156 e. The largest absolute Gasteiger partial charge is 0.496 e. The van der Waals surface area contributed by atoms with Gasteiger partial charge in [0.2, 0.25) is 0 Å². The van der Waals surface area contributed by atoms with Gasteiger partial charge in [-0.1, -0.05) is 0 Å².